The minimum absolute atomic E-state index is 0.259. The van der Waals surface area contributed by atoms with E-state index in [4.69, 9.17) is 4.74 Å². The molecular formula is C21H23N3O4S3. The fraction of sp³-hybridized carbons (Fsp3) is 0.333. The fourth-order valence-electron chi connectivity index (χ4n) is 3.60. The Morgan fingerprint density at radius 3 is 2.74 bits per heavy atom. The van der Waals surface area contributed by atoms with Crippen molar-refractivity contribution < 1.29 is 17.9 Å². The Kier molecular flexibility index (Phi) is 6.42. The van der Waals surface area contributed by atoms with Gasteiger partial charge < -0.3 is 10.1 Å². The summed E-state index contributed by atoms with van der Waals surface area (Å²) in [5.74, 6) is 0.450. The lowest BCUT2D eigenvalue weighted by Gasteiger charge is -2.22. The lowest BCUT2D eigenvalue weighted by molar-refractivity contribution is -0.119. The minimum Gasteiger partial charge on any atom is -0.494 e. The zero-order valence-corrected chi connectivity index (χ0v) is 19.6. The molecule has 3 heterocycles. The van der Waals surface area contributed by atoms with Gasteiger partial charge in [0.25, 0.3) is 10.0 Å². The number of thiazole rings is 1. The molecule has 10 heteroatoms. The Morgan fingerprint density at radius 2 is 2.06 bits per heavy atom. The maximum atomic E-state index is 13.0. The van der Waals surface area contributed by atoms with Gasteiger partial charge in [-0.25, -0.2) is 13.4 Å². The van der Waals surface area contributed by atoms with E-state index in [0.717, 1.165) is 33.2 Å². The number of carbonyl (C=O) groups excluding carboxylic acids is 1. The number of nitrogens with zero attached hydrogens (tertiary/aromatic N) is 2. The molecule has 31 heavy (non-hydrogen) atoms. The largest absolute Gasteiger partial charge is 0.494 e. The van der Waals surface area contributed by atoms with Crippen molar-refractivity contribution in [3.63, 3.8) is 0 Å². The number of rotatable bonds is 7. The maximum absolute atomic E-state index is 13.0. The molecular weight excluding hydrogens is 454 g/mol. The summed E-state index contributed by atoms with van der Waals surface area (Å²) in [7, 11) is -3.67. The average Bonchev–Trinajstić information content (AvgIpc) is 3.50. The number of hydrogen-bond acceptors (Lipinski definition) is 7. The van der Waals surface area contributed by atoms with Crippen LogP contribution in [0.5, 0.6) is 5.75 Å². The van der Waals surface area contributed by atoms with E-state index >= 15 is 0 Å². The minimum atomic E-state index is -3.67. The predicted octanol–water partition coefficient (Wildman–Crippen LogP) is 4.37. The molecule has 1 unspecified atom stereocenters. The first-order chi connectivity index (χ1) is 14.9. The van der Waals surface area contributed by atoms with Gasteiger partial charge in [-0.2, -0.15) is 4.31 Å². The molecule has 0 radical (unpaired) electrons. The highest BCUT2D eigenvalue weighted by atomic mass is 32.2. The molecule has 1 atom stereocenters. The van der Waals surface area contributed by atoms with Crippen LogP contribution in [0, 0.1) is 6.92 Å². The van der Waals surface area contributed by atoms with E-state index in [1.807, 2.05) is 38.1 Å². The predicted molar refractivity (Wildman–Crippen MR) is 123 cm³/mol. The van der Waals surface area contributed by atoms with Gasteiger partial charge in [0.2, 0.25) is 5.91 Å². The number of aryl methyl sites for hydroxylation is 1. The third-order valence-corrected chi connectivity index (χ3v) is 9.20. The van der Waals surface area contributed by atoms with Crippen LogP contribution in [0.3, 0.4) is 0 Å². The number of carbonyl (C=O) groups is 1. The summed E-state index contributed by atoms with van der Waals surface area (Å²) in [6.45, 7) is 4.82. The van der Waals surface area contributed by atoms with Gasteiger partial charge in [-0.1, -0.05) is 6.07 Å². The highest BCUT2D eigenvalue weighted by molar-refractivity contribution is 7.91. The van der Waals surface area contributed by atoms with Gasteiger partial charge in [0.15, 0.2) is 5.13 Å². The molecule has 1 aliphatic rings. The lowest BCUT2D eigenvalue weighted by Crippen LogP contribution is -2.42. The summed E-state index contributed by atoms with van der Waals surface area (Å²) in [4.78, 5) is 18.5. The van der Waals surface area contributed by atoms with Gasteiger partial charge in [-0.05, 0) is 62.4 Å². The van der Waals surface area contributed by atoms with Crippen molar-refractivity contribution in [3.8, 4) is 17.0 Å². The highest BCUT2D eigenvalue weighted by Crippen LogP contribution is 2.33. The van der Waals surface area contributed by atoms with Gasteiger partial charge in [-0.15, -0.1) is 22.7 Å². The Labute approximate surface area is 189 Å². The molecule has 1 aromatic carbocycles. The van der Waals surface area contributed by atoms with Crippen molar-refractivity contribution in [1.29, 1.82) is 0 Å². The molecule has 2 aromatic heterocycles. The molecule has 1 amide bonds. The molecule has 4 rings (SSSR count). The first-order valence-electron chi connectivity index (χ1n) is 9.97. The number of benzene rings is 1. The third kappa shape index (κ3) is 4.52. The van der Waals surface area contributed by atoms with E-state index in [-0.39, 0.29) is 10.1 Å². The van der Waals surface area contributed by atoms with Gasteiger partial charge >= 0.3 is 0 Å². The molecule has 0 spiro atoms. The first kappa shape index (κ1) is 21.9. The third-order valence-electron chi connectivity index (χ3n) is 5.03. The van der Waals surface area contributed by atoms with Gasteiger partial charge in [-0.3, -0.25) is 4.79 Å². The van der Waals surface area contributed by atoms with E-state index < -0.39 is 16.1 Å². The second-order valence-electron chi connectivity index (χ2n) is 7.08. The summed E-state index contributed by atoms with van der Waals surface area (Å²) >= 11 is 2.54. The van der Waals surface area contributed by atoms with Gasteiger partial charge in [0.1, 0.15) is 16.0 Å². The molecule has 0 saturated carbocycles. The highest BCUT2D eigenvalue weighted by Gasteiger charge is 2.40. The monoisotopic (exact) mass is 477 g/mol. The van der Waals surface area contributed by atoms with Crippen molar-refractivity contribution in [3.05, 3.63) is 46.7 Å². The molecule has 0 aliphatic carbocycles. The normalized spacial score (nSPS) is 17.0. The second kappa shape index (κ2) is 9.07. The number of anilines is 1. The van der Waals surface area contributed by atoms with Crippen LogP contribution >= 0.6 is 22.7 Å². The summed E-state index contributed by atoms with van der Waals surface area (Å²) in [6, 6.07) is 10.2. The molecule has 0 bridgehead atoms. The number of sulfonamides is 1. The number of amides is 1. The molecule has 1 saturated heterocycles. The molecule has 3 aromatic rings. The maximum Gasteiger partial charge on any atom is 0.253 e. The number of thiophene rings is 1. The van der Waals surface area contributed by atoms with E-state index in [2.05, 4.69) is 10.3 Å². The molecule has 1 N–H and O–H groups in total. The van der Waals surface area contributed by atoms with Crippen molar-refractivity contribution in [2.75, 3.05) is 18.5 Å². The summed E-state index contributed by atoms with van der Waals surface area (Å²) in [5.41, 5.74) is 1.72. The summed E-state index contributed by atoms with van der Waals surface area (Å²) < 4.78 is 32.9. The summed E-state index contributed by atoms with van der Waals surface area (Å²) in [6.07, 6.45) is 1.14. The average molecular weight is 478 g/mol. The number of ether oxygens (including phenoxy) is 1. The van der Waals surface area contributed by atoms with Crippen LogP contribution in [-0.4, -0.2) is 42.8 Å². The van der Waals surface area contributed by atoms with Crippen LogP contribution in [0.2, 0.25) is 0 Å². The first-order valence-corrected chi connectivity index (χ1v) is 13.1. The number of aromatic nitrogens is 1. The van der Waals surface area contributed by atoms with Crippen LogP contribution in [0.1, 0.15) is 24.6 Å². The van der Waals surface area contributed by atoms with Crippen LogP contribution in [-0.2, 0) is 14.8 Å². The van der Waals surface area contributed by atoms with E-state index in [0.29, 0.717) is 31.1 Å². The van der Waals surface area contributed by atoms with Crippen LogP contribution < -0.4 is 10.1 Å². The smallest absolute Gasteiger partial charge is 0.253 e. The Bertz CT molecular complexity index is 1160. The van der Waals surface area contributed by atoms with E-state index in [9.17, 15) is 13.2 Å². The lowest BCUT2D eigenvalue weighted by atomic mass is 10.1. The second-order valence-corrected chi connectivity index (χ2v) is 11.3. The fourth-order valence-corrected chi connectivity index (χ4v) is 7.21. The van der Waals surface area contributed by atoms with Gasteiger partial charge in [0.05, 0.1) is 12.3 Å². The van der Waals surface area contributed by atoms with E-state index in [1.165, 1.54) is 15.6 Å². The summed E-state index contributed by atoms with van der Waals surface area (Å²) in [5, 5.41) is 5.02. The zero-order valence-electron chi connectivity index (χ0n) is 17.2. The topological polar surface area (TPSA) is 88.6 Å². The van der Waals surface area contributed by atoms with Crippen molar-refractivity contribution in [1.82, 2.24) is 9.29 Å². The van der Waals surface area contributed by atoms with E-state index in [1.54, 1.807) is 17.5 Å². The zero-order chi connectivity index (χ0) is 22.0. The molecule has 7 nitrogen and oxygen atoms in total. The quantitative estimate of drug-likeness (QED) is 0.546. The van der Waals surface area contributed by atoms with Crippen molar-refractivity contribution in [2.24, 2.45) is 0 Å². The van der Waals surface area contributed by atoms with Crippen LogP contribution in [0.15, 0.2) is 46.0 Å². The molecule has 1 fully saturated rings. The Balaban J connectivity index is 1.50. The Morgan fingerprint density at radius 1 is 1.29 bits per heavy atom. The standard InChI is InChI=1S/C21H23N3O4S3/c1-3-28-16-10-8-15(9-11-16)19-14(2)30-21(22-19)23-20(25)17-6-4-12-24(17)31(26,27)18-7-5-13-29-18/h5,7-11,13,17H,3-4,6,12H2,1-2H3,(H,22,23,25). The molecule has 164 valence electrons. The number of hydrogen-bond donors (Lipinski definition) is 1. The number of nitrogens with one attached hydrogen (secondary N) is 1. The van der Waals surface area contributed by atoms with Crippen molar-refractivity contribution >= 4 is 43.7 Å². The SMILES string of the molecule is CCOc1ccc(-c2nc(NC(=O)C3CCCN3S(=O)(=O)c3cccs3)sc2C)cc1. The van der Waals surface area contributed by atoms with Crippen molar-refractivity contribution in [2.45, 2.75) is 36.9 Å². The Hall–Kier alpha value is -2.27. The van der Waals surface area contributed by atoms with Crippen LogP contribution in [0.4, 0.5) is 5.13 Å². The van der Waals surface area contributed by atoms with Gasteiger partial charge in [0, 0.05) is 17.0 Å². The van der Waals surface area contributed by atoms with Crippen LogP contribution in [0.25, 0.3) is 11.3 Å². The molecule has 1 aliphatic heterocycles.